The van der Waals surface area contributed by atoms with E-state index in [-0.39, 0.29) is 11.4 Å². The zero-order valence-electron chi connectivity index (χ0n) is 14.9. The van der Waals surface area contributed by atoms with Crippen molar-refractivity contribution in [2.75, 3.05) is 0 Å². The van der Waals surface area contributed by atoms with Gasteiger partial charge < -0.3 is 15.5 Å². The maximum Gasteiger partial charge on any atom is 0.305 e. The number of nitriles is 1. The van der Waals surface area contributed by atoms with E-state index in [0.29, 0.717) is 11.1 Å². The molecule has 0 saturated carbocycles. The molecule has 0 aliphatic rings. The molecule has 2 aromatic carbocycles. The molecule has 1 amide bonds. The molecule has 0 aliphatic carbocycles. The minimum atomic E-state index is -1.16. The summed E-state index contributed by atoms with van der Waals surface area (Å²) in [5, 5.41) is 34.7. The molecule has 0 saturated heterocycles. The Morgan fingerprint density at radius 1 is 1.21 bits per heavy atom. The molecule has 1 atom stereocenters. The molecule has 0 radical (unpaired) electrons. The summed E-state index contributed by atoms with van der Waals surface area (Å²) in [6.07, 6.45) is -0.430. The van der Waals surface area contributed by atoms with E-state index in [2.05, 4.69) is 10.4 Å². The predicted molar refractivity (Wildman–Crippen MR) is 98.8 cm³/mol. The van der Waals surface area contributed by atoms with Gasteiger partial charge >= 0.3 is 5.97 Å². The van der Waals surface area contributed by atoms with Gasteiger partial charge in [-0.3, -0.25) is 9.59 Å². The van der Waals surface area contributed by atoms with Gasteiger partial charge in [0.25, 0.3) is 5.91 Å². The Bertz CT molecular complexity index is 1120. The molecule has 0 bridgehead atoms. The van der Waals surface area contributed by atoms with Gasteiger partial charge in [0.15, 0.2) is 5.69 Å². The molecule has 146 valence electrons. The fourth-order valence-electron chi connectivity index (χ4n) is 2.77. The molecule has 0 aliphatic heterocycles. The van der Waals surface area contributed by atoms with Crippen molar-refractivity contribution in [1.82, 2.24) is 15.1 Å². The van der Waals surface area contributed by atoms with Gasteiger partial charge in [-0.05, 0) is 29.8 Å². The average molecular weight is 394 g/mol. The van der Waals surface area contributed by atoms with Gasteiger partial charge in [-0.15, -0.1) is 0 Å². The first-order valence-corrected chi connectivity index (χ1v) is 8.45. The summed E-state index contributed by atoms with van der Waals surface area (Å²) in [7, 11) is 0. The molecule has 0 fully saturated rings. The minimum Gasteiger partial charge on any atom is -0.493 e. The van der Waals surface area contributed by atoms with Gasteiger partial charge in [0, 0.05) is 6.07 Å². The average Bonchev–Trinajstić information content (AvgIpc) is 3.09. The number of amides is 1. The second-order valence-electron chi connectivity index (χ2n) is 6.11. The van der Waals surface area contributed by atoms with Crippen LogP contribution < -0.4 is 5.32 Å². The third kappa shape index (κ3) is 4.39. The van der Waals surface area contributed by atoms with E-state index in [4.69, 9.17) is 10.4 Å². The molecular weight excluding hydrogens is 379 g/mol. The normalized spacial score (nSPS) is 11.4. The number of rotatable bonds is 6. The number of aromatic nitrogens is 2. The Morgan fingerprint density at radius 2 is 1.97 bits per heavy atom. The molecule has 1 heterocycles. The second-order valence-corrected chi connectivity index (χ2v) is 6.11. The van der Waals surface area contributed by atoms with Crippen LogP contribution in [-0.4, -0.2) is 31.9 Å². The fraction of sp³-hybridized carbons (Fsp3) is 0.100. The SMILES string of the molecule is N#Cc1cccc([C@H](CC(=O)O)NC(=O)c2cc(O)n(-c3ccccc3F)n2)c1. The molecule has 9 heteroatoms. The number of aliphatic carboxylic acids is 1. The van der Waals surface area contributed by atoms with Crippen molar-refractivity contribution in [2.24, 2.45) is 0 Å². The van der Waals surface area contributed by atoms with Crippen LogP contribution in [-0.2, 0) is 4.79 Å². The first-order valence-electron chi connectivity index (χ1n) is 8.45. The van der Waals surface area contributed by atoms with Gasteiger partial charge in [0.05, 0.1) is 24.1 Å². The third-order valence-electron chi connectivity index (χ3n) is 4.11. The van der Waals surface area contributed by atoms with Crippen molar-refractivity contribution in [3.8, 4) is 17.6 Å². The smallest absolute Gasteiger partial charge is 0.305 e. The largest absolute Gasteiger partial charge is 0.493 e. The molecule has 1 aromatic heterocycles. The van der Waals surface area contributed by atoms with E-state index in [1.807, 2.05) is 6.07 Å². The van der Waals surface area contributed by atoms with E-state index in [0.717, 1.165) is 10.7 Å². The maximum atomic E-state index is 13.9. The van der Waals surface area contributed by atoms with Crippen molar-refractivity contribution in [2.45, 2.75) is 12.5 Å². The highest BCUT2D eigenvalue weighted by Crippen LogP contribution is 2.22. The van der Waals surface area contributed by atoms with E-state index >= 15 is 0 Å². The summed E-state index contributed by atoms with van der Waals surface area (Å²) in [6, 6.07) is 13.8. The highest BCUT2D eigenvalue weighted by molar-refractivity contribution is 5.93. The third-order valence-corrected chi connectivity index (χ3v) is 4.11. The first-order chi connectivity index (χ1) is 13.9. The van der Waals surface area contributed by atoms with Crippen molar-refractivity contribution < 1.29 is 24.2 Å². The van der Waals surface area contributed by atoms with E-state index in [1.54, 1.807) is 24.3 Å². The van der Waals surface area contributed by atoms with Crippen LogP contribution in [0, 0.1) is 17.1 Å². The van der Waals surface area contributed by atoms with Crippen LogP contribution in [0.5, 0.6) is 5.88 Å². The van der Waals surface area contributed by atoms with Crippen LogP contribution in [0.2, 0.25) is 0 Å². The Labute approximate surface area is 164 Å². The highest BCUT2D eigenvalue weighted by Gasteiger charge is 2.22. The number of nitrogens with zero attached hydrogens (tertiary/aromatic N) is 3. The Balaban J connectivity index is 1.89. The molecule has 3 rings (SSSR count). The van der Waals surface area contributed by atoms with Crippen LogP contribution >= 0.6 is 0 Å². The lowest BCUT2D eigenvalue weighted by Crippen LogP contribution is -2.30. The maximum absolute atomic E-state index is 13.9. The number of hydrogen-bond donors (Lipinski definition) is 3. The van der Waals surface area contributed by atoms with E-state index in [1.165, 1.54) is 24.3 Å². The van der Waals surface area contributed by atoms with Crippen LogP contribution in [0.15, 0.2) is 54.6 Å². The summed E-state index contributed by atoms with van der Waals surface area (Å²) in [4.78, 5) is 23.8. The topological polar surface area (TPSA) is 128 Å². The Hall–Kier alpha value is -4.19. The van der Waals surface area contributed by atoms with Crippen molar-refractivity contribution >= 4 is 11.9 Å². The number of aromatic hydroxyl groups is 1. The van der Waals surface area contributed by atoms with Crippen LogP contribution in [0.25, 0.3) is 5.69 Å². The molecule has 3 aromatic rings. The van der Waals surface area contributed by atoms with Crippen LogP contribution in [0.4, 0.5) is 4.39 Å². The van der Waals surface area contributed by atoms with Crippen molar-refractivity contribution in [1.29, 1.82) is 5.26 Å². The summed E-state index contributed by atoms with van der Waals surface area (Å²) in [6.45, 7) is 0. The quantitative estimate of drug-likeness (QED) is 0.589. The van der Waals surface area contributed by atoms with E-state index < -0.39 is 36.0 Å². The number of carbonyl (C=O) groups is 2. The van der Waals surface area contributed by atoms with Gasteiger partial charge in [0.1, 0.15) is 11.5 Å². The lowest BCUT2D eigenvalue weighted by molar-refractivity contribution is -0.137. The molecule has 29 heavy (non-hydrogen) atoms. The molecule has 0 unspecified atom stereocenters. The van der Waals surface area contributed by atoms with Gasteiger partial charge in [0.2, 0.25) is 5.88 Å². The number of carbonyl (C=O) groups excluding carboxylic acids is 1. The first kappa shape index (κ1) is 19.6. The molecule has 8 nitrogen and oxygen atoms in total. The van der Waals surface area contributed by atoms with Gasteiger partial charge in [-0.2, -0.15) is 15.0 Å². The summed E-state index contributed by atoms with van der Waals surface area (Å²) in [5.41, 5.74) is 0.469. The van der Waals surface area contributed by atoms with Gasteiger partial charge in [-0.1, -0.05) is 24.3 Å². The number of hydrogen-bond acceptors (Lipinski definition) is 5. The second kappa shape index (κ2) is 8.22. The number of nitrogens with one attached hydrogen (secondary N) is 1. The lowest BCUT2D eigenvalue weighted by atomic mass is 10.0. The summed E-state index contributed by atoms with van der Waals surface area (Å²) in [5.74, 6) is -3.02. The van der Waals surface area contributed by atoms with Crippen molar-refractivity contribution in [3.63, 3.8) is 0 Å². The van der Waals surface area contributed by atoms with Crippen LogP contribution in [0.3, 0.4) is 0 Å². The molecular formula is C20H15FN4O4. The number of benzene rings is 2. The number of carboxylic acid groups (broad SMARTS) is 1. The minimum absolute atomic E-state index is 0.0483. The fourth-order valence-corrected chi connectivity index (χ4v) is 2.77. The standard InChI is InChI=1S/C20H15FN4O4/c21-14-6-1-2-7-17(14)25-18(26)9-16(24-25)20(29)23-15(10-19(27)28)13-5-3-4-12(8-13)11-22/h1-9,15,26H,10H2,(H,23,29)(H,27,28)/t15-/m0/s1. The van der Waals surface area contributed by atoms with Gasteiger partial charge in [-0.25, -0.2) is 4.39 Å². The monoisotopic (exact) mass is 394 g/mol. The zero-order valence-corrected chi connectivity index (χ0v) is 14.9. The lowest BCUT2D eigenvalue weighted by Gasteiger charge is -2.17. The summed E-state index contributed by atoms with van der Waals surface area (Å²) >= 11 is 0. The number of halogens is 1. The molecule has 0 spiro atoms. The van der Waals surface area contributed by atoms with E-state index in [9.17, 15) is 19.1 Å². The Kier molecular flexibility index (Phi) is 5.55. The molecule has 3 N–H and O–H groups in total. The highest BCUT2D eigenvalue weighted by atomic mass is 19.1. The zero-order chi connectivity index (χ0) is 21.0. The van der Waals surface area contributed by atoms with Crippen LogP contribution in [0.1, 0.15) is 34.1 Å². The Morgan fingerprint density at radius 3 is 2.66 bits per heavy atom. The number of carboxylic acids is 1. The predicted octanol–water partition coefficient (Wildman–Crippen LogP) is 2.53. The van der Waals surface area contributed by atoms with Crippen molar-refractivity contribution in [3.05, 3.63) is 77.2 Å². The summed E-state index contributed by atoms with van der Waals surface area (Å²) < 4.78 is 14.8. The number of para-hydroxylation sites is 1.